The van der Waals surface area contributed by atoms with Crippen molar-refractivity contribution in [2.24, 2.45) is 0 Å². The predicted octanol–water partition coefficient (Wildman–Crippen LogP) is 2.76. The number of rotatable bonds is 5. The van der Waals surface area contributed by atoms with E-state index >= 15 is 0 Å². The van der Waals surface area contributed by atoms with Gasteiger partial charge in [-0.15, -0.1) is 0 Å². The van der Waals surface area contributed by atoms with E-state index in [9.17, 15) is 4.79 Å². The number of ether oxygens (including phenoxy) is 1. The van der Waals surface area contributed by atoms with Crippen LogP contribution in [0.15, 0.2) is 12.7 Å². The molecule has 0 aliphatic heterocycles. The number of carbonyl (C=O) groups excluding carboxylic acids is 1. The molecule has 2 nitrogen and oxygen atoms in total. The van der Waals surface area contributed by atoms with Gasteiger partial charge in [-0.2, -0.15) is 0 Å². The minimum absolute atomic E-state index is 0.195. The number of hydrogen-bond donors (Lipinski definition) is 0. The molecule has 0 rings (SSSR count). The maximum absolute atomic E-state index is 10.8. The summed E-state index contributed by atoms with van der Waals surface area (Å²) in [4.78, 5) is 10.8. The molecule has 0 aromatic rings. The molecule has 70 valence electrons. The zero-order valence-electron chi connectivity index (χ0n) is 6.36. The van der Waals surface area contributed by atoms with Crippen molar-refractivity contribution < 1.29 is 9.53 Å². The molecule has 0 saturated heterocycles. The van der Waals surface area contributed by atoms with Crippen LogP contribution >= 0.6 is 26.8 Å². The van der Waals surface area contributed by atoms with E-state index in [-0.39, 0.29) is 19.0 Å². The first-order chi connectivity index (χ1) is 5.45. The van der Waals surface area contributed by atoms with Gasteiger partial charge in [0.2, 0.25) is 0 Å². The third-order valence-electron chi connectivity index (χ3n) is 0.975. The summed E-state index contributed by atoms with van der Waals surface area (Å²) in [6, 6.07) is 0. The van der Waals surface area contributed by atoms with Crippen LogP contribution in [0.25, 0.3) is 0 Å². The fraction of sp³-hybridized carbons (Fsp3) is 0.500. The van der Waals surface area contributed by atoms with Gasteiger partial charge in [0.15, 0.2) is 0 Å². The van der Waals surface area contributed by atoms with Crippen molar-refractivity contribution in [3.8, 4) is 0 Å². The van der Waals surface area contributed by atoms with Crippen molar-refractivity contribution >= 4 is 47.7 Å². The van der Waals surface area contributed by atoms with Gasteiger partial charge in [-0.3, -0.25) is 0 Å². The van der Waals surface area contributed by atoms with Crippen molar-refractivity contribution in [1.29, 1.82) is 0 Å². The summed E-state index contributed by atoms with van der Waals surface area (Å²) in [5, 5.41) is 0. The van der Waals surface area contributed by atoms with Gasteiger partial charge in [-0.05, 0) is 0 Å². The van der Waals surface area contributed by atoms with Crippen LogP contribution in [0.2, 0.25) is 4.44 Å². The summed E-state index contributed by atoms with van der Waals surface area (Å²) < 4.78 is 5.06. The second kappa shape index (κ2) is 6.35. The van der Waals surface area contributed by atoms with Crippen LogP contribution in [0.4, 0.5) is 0 Å². The Bertz CT molecular complexity index is 167. The first-order valence-electron chi connectivity index (χ1n) is 3.29. The van der Waals surface area contributed by atoms with E-state index in [0.717, 1.165) is 0 Å². The Labute approximate surface area is 86.8 Å². The standard InChI is InChI=1S/C6H9O2.3ClH.Sn/c1-3-5-8-6(7)4-2;;;;/h3H,1-2,4-5H2;3*1H;/q;;;;+3/p-3. The fourth-order valence-corrected chi connectivity index (χ4v) is 3.76. The molecule has 0 radical (unpaired) electrons. The third-order valence-corrected chi connectivity index (χ3v) is 7.11. The van der Waals surface area contributed by atoms with E-state index in [1.807, 2.05) is 0 Å². The van der Waals surface area contributed by atoms with Gasteiger partial charge in [0, 0.05) is 0 Å². The SMILES string of the molecule is C=CCOC(=O)C[CH2][Sn]([Cl])([Cl])[Cl]. The first-order valence-corrected chi connectivity index (χ1v) is 16.1. The van der Waals surface area contributed by atoms with E-state index in [2.05, 4.69) is 11.3 Å². The van der Waals surface area contributed by atoms with E-state index in [1.165, 1.54) is 6.08 Å². The zero-order valence-corrected chi connectivity index (χ0v) is 11.5. The average Bonchev–Trinajstić information content (AvgIpc) is 1.95. The quantitative estimate of drug-likeness (QED) is 0.438. The molecule has 6 heteroatoms. The molecule has 0 spiro atoms. The average molecular weight is 338 g/mol. The van der Waals surface area contributed by atoms with Crippen LogP contribution < -0.4 is 0 Å². The van der Waals surface area contributed by atoms with Gasteiger partial charge in [0.05, 0.1) is 0 Å². The van der Waals surface area contributed by atoms with Crippen molar-refractivity contribution in [1.82, 2.24) is 0 Å². The van der Waals surface area contributed by atoms with Crippen LogP contribution in [0, 0.1) is 0 Å². The van der Waals surface area contributed by atoms with E-state index < -0.39 is 15.0 Å². The minimum atomic E-state index is -3.33. The molecule has 0 aromatic heterocycles. The molecule has 0 fully saturated rings. The van der Waals surface area contributed by atoms with E-state index in [4.69, 9.17) is 26.8 Å². The van der Waals surface area contributed by atoms with Gasteiger partial charge < -0.3 is 0 Å². The monoisotopic (exact) mass is 338 g/mol. The summed E-state index contributed by atoms with van der Waals surface area (Å²) in [5.74, 6) is -0.335. The molecule has 0 N–H and O–H groups in total. The first kappa shape index (κ1) is 12.9. The Morgan fingerprint density at radius 2 is 2.08 bits per heavy atom. The summed E-state index contributed by atoms with van der Waals surface area (Å²) in [5.41, 5.74) is 0. The van der Waals surface area contributed by atoms with Gasteiger partial charge in [0.25, 0.3) is 0 Å². The number of halogens is 3. The third kappa shape index (κ3) is 8.97. The number of hydrogen-bond acceptors (Lipinski definition) is 2. The summed E-state index contributed by atoms with van der Waals surface area (Å²) >= 11 is -3.33. The van der Waals surface area contributed by atoms with Crippen LogP contribution in [-0.2, 0) is 9.53 Å². The molecule has 0 unspecified atom stereocenters. The molecule has 0 heterocycles. The molecule has 12 heavy (non-hydrogen) atoms. The Morgan fingerprint density at radius 3 is 2.50 bits per heavy atom. The van der Waals surface area contributed by atoms with Gasteiger partial charge >= 0.3 is 87.4 Å². The van der Waals surface area contributed by atoms with Crippen LogP contribution in [0.5, 0.6) is 0 Å². The van der Waals surface area contributed by atoms with Crippen molar-refractivity contribution in [3.63, 3.8) is 0 Å². The van der Waals surface area contributed by atoms with Crippen LogP contribution in [-0.4, -0.2) is 27.6 Å². The molecule has 0 aromatic carbocycles. The second-order valence-corrected chi connectivity index (χ2v) is 23.9. The summed E-state index contributed by atoms with van der Waals surface area (Å²) in [7, 11) is 16.9. The predicted molar refractivity (Wildman–Crippen MR) is 53.9 cm³/mol. The maximum atomic E-state index is 10.8. The summed E-state index contributed by atoms with van der Waals surface area (Å²) in [6.45, 7) is 3.62. The van der Waals surface area contributed by atoms with Crippen molar-refractivity contribution in [2.45, 2.75) is 10.9 Å². The Morgan fingerprint density at radius 1 is 1.50 bits per heavy atom. The topological polar surface area (TPSA) is 26.3 Å². The fourth-order valence-electron chi connectivity index (χ4n) is 0.468. The Hall–Kier alpha value is 0.879. The number of esters is 1. The molecular formula is C6H9Cl3O2Sn. The van der Waals surface area contributed by atoms with Gasteiger partial charge in [-0.1, -0.05) is 0 Å². The molecule has 0 atom stereocenters. The van der Waals surface area contributed by atoms with Crippen molar-refractivity contribution in [2.75, 3.05) is 6.61 Å². The van der Waals surface area contributed by atoms with E-state index in [1.54, 1.807) is 0 Å². The van der Waals surface area contributed by atoms with Crippen molar-refractivity contribution in [3.05, 3.63) is 12.7 Å². The van der Waals surface area contributed by atoms with Crippen LogP contribution in [0.3, 0.4) is 0 Å². The molecule has 0 bridgehead atoms. The molecule has 0 saturated carbocycles. The van der Waals surface area contributed by atoms with Gasteiger partial charge in [0.1, 0.15) is 0 Å². The molecular weight excluding hydrogens is 329 g/mol. The molecule has 0 aliphatic rings. The molecule has 0 aliphatic carbocycles. The normalized spacial score (nSPS) is 10.9. The molecule has 0 amide bonds. The zero-order chi connectivity index (χ0) is 9.61. The Kier molecular flexibility index (Phi) is 6.82. The van der Waals surface area contributed by atoms with E-state index in [0.29, 0.717) is 4.44 Å². The number of carbonyl (C=O) groups is 1. The van der Waals surface area contributed by atoms with Crippen LogP contribution in [0.1, 0.15) is 6.42 Å². The van der Waals surface area contributed by atoms with Gasteiger partial charge in [-0.25, -0.2) is 0 Å². The Balaban J connectivity index is 3.51. The second-order valence-electron chi connectivity index (χ2n) is 2.09. The summed E-state index contributed by atoms with van der Waals surface area (Å²) in [6.07, 6.45) is 1.69.